The van der Waals surface area contributed by atoms with Gasteiger partial charge in [-0.25, -0.2) is 4.98 Å². The molecule has 0 bridgehead atoms. The van der Waals surface area contributed by atoms with Gasteiger partial charge in [0.05, 0.1) is 32.7 Å². The van der Waals surface area contributed by atoms with Crippen molar-refractivity contribution in [2.24, 2.45) is 5.10 Å². The average Bonchev–Trinajstić information content (AvgIpc) is 3.16. The zero-order chi connectivity index (χ0) is 19.1. The number of nitrogens with one attached hydrogen (secondary N) is 1. The molecule has 0 unspecified atom stereocenters. The number of hydrogen-bond acceptors (Lipinski definition) is 7. The van der Waals surface area contributed by atoms with Gasteiger partial charge in [-0.1, -0.05) is 12.1 Å². The fraction of sp³-hybridized carbons (Fsp3) is 0.200. The molecule has 0 fully saturated rings. The Hall–Kier alpha value is -3.06. The van der Waals surface area contributed by atoms with Crippen LogP contribution in [0.1, 0.15) is 12.5 Å². The van der Waals surface area contributed by atoms with Crippen molar-refractivity contribution in [3.8, 4) is 28.5 Å². The first-order valence-corrected chi connectivity index (χ1v) is 9.31. The molecule has 0 saturated heterocycles. The number of thiazole rings is 1. The number of nitrogens with zero attached hydrogens (tertiary/aromatic N) is 2. The molecule has 0 spiro atoms. The van der Waals surface area contributed by atoms with Crippen LogP contribution in [-0.2, 0) is 0 Å². The maximum absolute atomic E-state index is 5.49. The summed E-state index contributed by atoms with van der Waals surface area (Å²) in [6, 6.07) is 13.4. The minimum absolute atomic E-state index is 0.634. The lowest BCUT2D eigenvalue weighted by atomic mass is 10.1. The molecule has 2 aromatic carbocycles. The first kappa shape index (κ1) is 18.7. The second-order valence-corrected chi connectivity index (χ2v) is 6.34. The van der Waals surface area contributed by atoms with Crippen LogP contribution in [0.3, 0.4) is 0 Å². The minimum atomic E-state index is 0.634. The Morgan fingerprint density at radius 2 is 2.00 bits per heavy atom. The van der Waals surface area contributed by atoms with E-state index in [0.717, 1.165) is 28.3 Å². The summed E-state index contributed by atoms with van der Waals surface area (Å²) >= 11 is 1.47. The van der Waals surface area contributed by atoms with Gasteiger partial charge in [-0.2, -0.15) is 5.10 Å². The van der Waals surface area contributed by atoms with Crippen LogP contribution in [0.5, 0.6) is 17.2 Å². The van der Waals surface area contributed by atoms with Gasteiger partial charge in [0, 0.05) is 17.0 Å². The topological polar surface area (TPSA) is 65.0 Å². The Morgan fingerprint density at radius 3 is 2.78 bits per heavy atom. The molecule has 3 aromatic rings. The van der Waals surface area contributed by atoms with E-state index >= 15 is 0 Å². The molecule has 7 heteroatoms. The molecule has 140 valence electrons. The highest BCUT2D eigenvalue weighted by atomic mass is 32.1. The Kier molecular flexibility index (Phi) is 6.27. The Morgan fingerprint density at radius 1 is 1.11 bits per heavy atom. The summed E-state index contributed by atoms with van der Waals surface area (Å²) in [6.45, 7) is 2.59. The number of anilines is 1. The van der Waals surface area contributed by atoms with E-state index in [1.807, 2.05) is 54.8 Å². The summed E-state index contributed by atoms with van der Waals surface area (Å²) in [6.07, 6.45) is 1.73. The van der Waals surface area contributed by atoms with Crippen LogP contribution in [0.25, 0.3) is 11.3 Å². The highest BCUT2D eigenvalue weighted by Crippen LogP contribution is 2.34. The van der Waals surface area contributed by atoms with E-state index in [1.165, 1.54) is 11.3 Å². The van der Waals surface area contributed by atoms with E-state index in [9.17, 15) is 0 Å². The number of aromatic nitrogens is 1. The molecular formula is C20H21N3O3S. The maximum atomic E-state index is 5.49. The predicted octanol–water partition coefficient (Wildman–Crippen LogP) is 4.67. The first-order chi connectivity index (χ1) is 13.2. The van der Waals surface area contributed by atoms with E-state index < -0.39 is 0 Å². The summed E-state index contributed by atoms with van der Waals surface area (Å²) in [5.41, 5.74) is 5.63. The Bertz CT molecular complexity index is 924. The molecule has 0 amide bonds. The standard InChI is InChI=1S/C20H21N3O3S/c1-4-26-16-7-5-6-14(10-16)12-21-23-20-22-18(13-27-20)17-9-8-15(24-2)11-19(17)25-3/h5-13H,4H2,1-3H3,(H,22,23)/b21-12-. The van der Waals surface area contributed by atoms with E-state index in [4.69, 9.17) is 14.2 Å². The predicted molar refractivity (Wildman–Crippen MR) is 109 cm³/mol. The molecule has 0 aliphatic rings. The lowest BCUT2D eigenvalue weighted by Crippen LogP contribution is -1.94. The SMILES string of the molecule is CCOc1cccc(/C=N\Nc2nc(-c3ccc(OC)cc3OC)cs2)c1. The summed E-state index contributed by atoms with van der Waals surface area (Å²) < 4.78 is 16.2. The normalized spacial score (nSPS) is 10.8. The van der Waals surface area contributed by atoms with Crippen molar-refractivity contribution in [3.63, 3.8) is 0 Å². The van der Waals surface area contributed by atoms with Gasteiger partial charge in [0.2, 0.25) is 5.13 Å². The van der Waals surface area contributed by atoms with Crippen molar-refractivity contribution >= 4 is 22.7 Å². The number of rotatable bonds is 8. The van der Waals surface area contributed by atoms with E-state index in [2.05, 4.69) is 15.5 Å². The van der Waals surface area contributed by atoms with Crippen molar-refractivity contribution in [2.45, 2.75) is 6.92 Å². The summed E-state index contributed by atoms with van der Waals surface area (Å²) in [5, 5.41) is 6.91. The molecule has 1 heterocycles. The summed E-state index contributed by atoms with van der Waals surface area (Å²) in [5.74, 6) is 2.27. The average molecular weight is 383 g/mol. The van der Waals surface area contributed by atoms with Crippen molar-refractivity contribution in [1.29, 1.82) is 0 Å². The van der Waals surface area contributed by atoms with Gasteiger partial charge in [0.15, 0.2) is 0 Å². The molecule has 1 N–H and O–H groups in total. The van der Waals surface area contributed by atoms with Gasteiger partial charge >= 0.3 is 0 Å². The molecule has 0 saturated carbocycles. The molecule has 3 rings (SSSR count). The van der Waals surface area contributed by atoms with Gasteiger partial charge in [-0.05, 0) is 36.8 Å². The second kappa shape index (κ2) is 9.05. The largest absolute Gasteiger partial charge is 0.497 e. The van der Waals surface area contributed by atoms with Gasteiger partial charge in [-0.3, -0.25) is 5.43 Å². The quantitative estimate of drug-likeness (QED) is 0.452. The molecule has 0 aliphatic carbocycles. The van der Waals surface area contributed by atoms with E-state index in [-0.39, 0.29) is 0 Å². The molecule has 1 aromatic heterocycles. The molecular weight excluding hydrogens is 362 g/mol. The fourth-order valence-corrected chi connectivity index (χ4v) is 3.13. The Balaban J connectivity index is 1.70. The smallest absolute Gasteiger partial charge is 0.203 e. The number of benzene rings is 2. The van der Waals surface area contributed by atoms with Gasteiger partial charge in [-0.15, -0.1) is 11.3 Å². The van der Waals surface area contributed by atoms with E-state index in [0.29, 0.717) is 17.5 Å². The van der Waals surface area contributed by atoms with Crippen molar-refractivity contribution in [3.05, 3.63) is 53.4 Å². The third kappa shape index (κ3) is 4.77. The number of hydrazone groups is 1. The number of methoxy groups -OCH3 is 2. The zero-order valence-corrected chi connectivity index (χ0v) is 16.2. The van der Waals surface area contributed by atoms with Crippen LogP contribution in [-0.4, -0.2) is 32.0 Å². The van der Waals surface area contributed by atoms with Crippen LogP contribution in [0.4, 0.5) is 5.13 Å². The van der Waals surface area contributed by atoms with Gasteiger partial charge < -0.3 is 14.2 Å². The van der Waals surface area contributed by atoms with E-state index in [1.54, 1.807) is 20.4 Å². The monoisotopic (exact) mass is 383 g/mol. The van der Waals surface area contributed by atoms with Crippen LogP contribution >= 0.6 is 11.3 Å². The van der Waals surface area contributed by atoms with Crippen LogP contribution < -0.4 is 19.6 Å². The first-order valence-electron chi connectivity index (χ1n) is 8.43. The highest BCUT2D eigenvalue weighted by Gasteiger charge is 2.11. The van der Waals surface area contributed by atoms with Crippen LogP contribution in [0.2, 0.25) is 0 Å². The van der Waals surface area contributed by atoms with Crippen LogP contribution in [0.15, 0.2) is 52.9 Å². The number of hydrogen-bond donors (Lipinski definition) is 1. The molecule has 6 nitrogen and oxygen atoms in total. The van der Waals surface area contributed by atoms with Crippen LogP contribution in [0, 0.1) is 0 Å². The molecule has 0 atom stereocenters. The minimum Gasteiger partial charge on any atom is -0.497 e. The third-order valence-corrected chi connectivity index (χ3v) is 4.48. The fourth-order valence-electron chi connectivity index (χ4n) is 2.47. The number of ether oxygens (including phenoxy) is 3. The third-order valence-electron chi connectivity index (χ3n) is 3.73. The van der Waals surface area contributed by atoms with Crippen molar-refractivity contribution in [2.75, 3.05) is 26.3 Å². The second-order valence-electron chi connectivity index (χ2n) is 5.48. The summed E-state index contributed by atoms with van der Waals surface area (Å²) in [7, 11) is 3.26. The van der Waals surface area contributed by atoms with Gasteiger partial charge in [0.1, 0.15) is 17.2 Å². The lowest BCUT2D eigenvalue weighted by molar-refractivity contribution is 0.340. The highest BCUT2D eigenvalue weighted by molar-refractivity contribution is 7.14. The molecule has 27 heavy (non-hydrogen) atoms. The molecule has 0 aliphatic heterocycles. The van der Waals surface area contributed by atoms with Gasteiger partial charge in [0.25, 0.3) is 0 Å². The lowest BCUT2D eigenvalue weighted by Gasteiger charge is -2.08. The zero-order valence-electron chi connectivity index (χ0n) is 15.4. The molecule has 0 radical (unpaired) electrons. The Labute approximate surface area is 162 Å². The van der Waals surface area contributed by atoms with Crippen molar-refractivity contribution in [1.82, 2.24) is 4.98 Å². The maximum Gasteiger partial charge on any atom is 0.203 e. The summed E-state index contributed by atoms with van der Waals surface area (Å²) in [4.78, 5) is 4.57. The van der Waals surface area contributed by atoms with Crippen molar-refractivity contribution < 1.29 is 14.2 Å².